The van der Waals surface area contributed by atoms with Gasteiger partial charge in [0, 0.05) is 23.9 Å². The normalized spacial score (nSPS) is 17.9. The molecule has 1 aliphatic rings. The van der Waals surface area contributed by atoms with Crippen LogP contribution in [0.3, 0.4) is 0 Å². The summed E-state index contributed by atoms with van der Waals surface area (Å²) in [5.74, 6) is 1.52. The molecule has 2 rings (SSSR count). The molecule has 1 heterocycles. The van der Waals surface area contributed by atoms with Crippen molar-refractivity contribution in [2.45, 2.75) is 38.2 Å². The Balaban J connectivity index is 2.12. The van der Waals surface area contributed by atoms with Gasteiger partial charge >= 0.3 is 0 Å². The predicted molar refractivity (Wildman–Crippen MR) is 49.2 cm³/mol. The van der Waals surface area contributed by atoms with Crippen LogP contribution in [0.2, 0.25) is 0 Å². The minimum Gasteiger partial charge on any atom is -0.392 e. The third-order valence-electron chi connectivity index (χ3n) is 2.63. The van der Waals surface area contributed by atoms with Gasteiger partial charge in [-0.15, -0.1) is 0 Å². The van der Waals surface area contributed by atoms with E-state index in [-0.39, 0.29) is 6.61 Å². The zero-order valence-electron chi connectivity index (χ0n) is 7.61. The van der Waals surface area contributed by atoms with Crippen LogP contribution in [0.25, 0.3) is 0 Å². The quantitative estimate of drug-likeness (QED) is 0.748. The lowest BCUT2D eigenvalue weighted by molar-refractivity contribution is 0.280. The van der Waals surface area contributed by atoms with Gasteiger partial charge in [-0.2, -0.15) is 0 Å². The lowest BCUT2D eigenvalue weighted by Crippen LogP contribution is -2.00. The number of nitrogens with zero attached hydrogens (tertiary/aromatic N) is 2. The van der Waals surface area contributed by atoms with E-state index in [9.17, 15) is 0 Å². The number of aromatic nitrogens is 2. The smallest absolute Gasteiger partial charge is 0.131 e. The fraction of sp³-hybridized carbons (Fsp3) is 0.600. The zero-order valence-corrected chi connectivity index (χ0v) is 7.61. The maximum Gasteiger partial charge on any atom is 0.131 e. The maximum absolute atomic E-state index is 8.81. The molecule has 0 aliphatic heterocycles. The highest BCUT2D eigenvalue weighted by Crippen LogP contribution is 2.31. The van der Waals surface area contributed by atoms with Crippen molar-refractivity contribution >= 4 is 0 Å². The second-order valence-electron chi connectivity index (χ2n) is 3.59. The van der Waals surface area contributed by atoms with Crippen LogP contribution in [0.5, 0.6) is 0 Å². The van der Waals surface area contributed by atoms with Gasteiger partial charge in [0.25, 0.3) is 0 Å². The van der Waals surface area contributed by atoms with Gasteiger partial charge < -0.3 is 5.11 Å². The molecule has 0 saturated heterocycles. The Morgan fingerprint density at radius 2 is 1.85 bits per heavy atom. The highest BCUT2D eigenvalue weighted by atomic mass is 16.3. The Morgan fingerprint density at radius 3 is 2.38 bits per heavy atom. The maximum atomic E-state index is 8.81. The molecule has 1 aliphatic carbocycles. The van der Waals surface area contributed by atoms with Crippen LogP contribution in [0, 0.1) is 0 Å². The summed E-state index contributed by atoms with van der Waals surface area (Å²) in [4.78, 5) is 8.52. The molecule has 13 heavy (non-hydrogen) atoms. The molecule has 0 radical (unpaired) electrons. The Morgan fingerprint density at radius 1 is 1.23 bits per heavy atom. The standard InChI is InChI=1S/C10H14N2O/c13-7-8-5-11-10(12-6-8)9-3-1-2-4-9/h5-6,9,13H,1-4,7H2. The van der Waals surface area contributed by atoms with E-state index < -0.39 is 0 Å². The first-order valence-corrected chi connectivity index (χ1v) is 4.82. The Hall–Kier alpha value is -0.960. The van der Waals surface area contributed by atoms with Crippen molar-refractivity contribution in [2.75, 3.05) is 0 Å². The molecule has 70 valence electrons. The molecule has 1 fully saturated rings. The molecule has 0 aromatic carbocycles. The highest BCUT2D eigenvalue weighted by Gasteiger charge is 2.18. The van der Waals surface area contributed by atoms with E-state index in [0.29, 0.717) is 5.92 Å². The summed E-state index contributed by atoms with van der Waals surface area (Å²) in [6.07, 6.45) is 8.49. The van der Waals surface area contributed by atoms with Crippen molar-refractivity contribution in [1.29, 1.82) is 0 Å². The number of aliphatic hydroxyl groups excluding tert-OH is 1. The van der Waals surface area contributed by atoms with Gasteiger partial charge in [-0.05, 0) is 12.8 Å². The van der Waals surface area contributed by atoms with Crippen LogP contribution < -0.4 is 0 Å². The summed E-state index contributed by atoms with van der Waals surface area (Å²) in [6.45, 7) is 0.0327. The van der Waals surface area contributed by atoms with E-state index >= 15 is 0 Å². The molecule has 0 spiro atoms. The van der Waals surface area contributed by atoms with E-state index in [1.165, 1.54) is 25.7 Å². The van der Waals surface area contributed by atoms with Crippen LogP contribution in [0.15, 0.2) is 12.4 Å². The molecular weight excluding hydrogens is 164 g/mol. The second-order valence-corrected chi connectivity index (χ2v) is 3.59. The third-order valence-corrected chi connectivity index (χ3v) is 2.63. The van der Waals surface area contributed by atoms with Crippen LogP contribution in [0.1, 0.15) is 43.0 Å². The van der Waals surface area contributed by atoms with Crippen molar-refractivity contribution < 1.29 is 5.11 Å². The monoisotopic (exact) mass is 178 g/mol. The summed E-state index contributed by atoms with van der Waals surface area (Å²) >= 11 is 0. The van der Waals surface area contributed by atoms with Gasteiger partial charge in [-0.25, -0.2) is 9.97 Å². The predicted octanol–water partition coefficient (Wildman–Crippen LogP) is 1.63. The average molecular weight is 178 g/mol. The largest absolute Gasteiger partial charge is 0.392 e. The minimum atomic E-state index is 0.0327. The van der Waals surface area contributed by atoms with Crippen LogP contribution in [-0.4, -0.2) is 15.1 Å². The molecule has 0 unspecified atom stereocenters. The van der Waals surface area contributed by atoms with Crippen molar-refractivity contribution in [3.05, 3.63) is 23.8 Å². The van der Waals surface area contributed by atoms with Gasteiger partial charge in [0.05, 0.1) is 6.61 Å². The topological polar surface area (TPSA) is 46.0 Å². The molecule has 1 aromatic rings. The fourth-order valence-corrected chi connectivity index (χ4v) is 1.84. The van der Waals surface area contributed by atoms with Crippen molar-refractivity contribution in [1.82, 2.24) is 9.97 Å². The molecular formula is C10H14N2O. The molecule has 3 nitrogen and oxygen atoms in total. The zero-order chi connectivity index (χ0) is 9.10. The molecule has 1 N–H and O–H groups in total. The summed E-state index contributed by atoms with van der Waals surface area (Å²) < 4.78 is 0. The fourth-order valence-electron chi connectivity index (χ4n) is 1.84. The third kappa shape index (κ3) is 1.86. The van der Waals surface area contributed by atoms with Gasteiger partial charge in [-0.3, -0.25) is 0 Å². The number of hydrogen-bond acceptors (Lipinski definition) is 3. The van der Waals surface area contributed by atoms with Crippen molar-refractivity contribution in [2.24, 2.45) is 0 Å². The number of aliphatic hydroxyl groups is 1. The first-order chi connectivity index (χ1) is 6.40. The van der Waals surface area contributed by atoms with Crippen molar-refractivity contribution in [3.8, 4) is 0 Å². The number of hydrogen-bond donors (Lipinski definition) is 1. The van der Waals surface area contributed by atoms with Gasteiger partial charge in [0.1, 0.15) is 5.82 Å². The van der Waals surface area contributed by atoms with Crippen molar-refractivity contribution in [3.63, 3.8) is 0 Å². The summed E-state index contributed by atoms with van der Waals surface area (Å²) in [5.41, 5.74) is 0.793. The first-order valence-electron chi connectivity index (χ1n) is 4.82. The summed E-state index contributed by atoms with van der Waals surface area (Å²) in [7, 11) is 0. The Kier molecular flexibility index (Phi) is 2.54. The average Bonchev–Trinajstić information content (AvgIpc) is 2.71. The molecule has 0 bridgehead atoms. The van der Waals surface area contributed by atoms with Crippen LogP contribution in [-0.2, 0) is 6.61 Å². The second kappa shape index (κ2) is 3.83. The van der Waals surface area contributed by atoms with E-state index in [4.69, 9.17) is 5.11 Å². The lowest BCUT2D eigenvalue weighted by atomic mass is 10.1. The Labute approximate surface area is 77.8 Å². The SMILES string of the molecule is OCc1cnc(C2CCCC2)nc1. The first kappa shape index (κ1) is 8.63. The molecule has 0 amide bonds. The molecule has 1 saturated carbocycles. The summed E-state index contributed by atoms with van der Waals surface area (Å²) in [6, 6.07) is 0. The van der Waals surface area contributed by atoms with Gasteiger partial charge in [0.2, 0.25) is 0 Å². The van der Waals surface area contributed by atoms with E-state index in [1.54, 1.807) is 12.4 Å². The number of rotatable bonds is 2. The summed E-state index contributed by atoms with van der Waals surface area (Å²) in [5, 5.41) is 8.81. The van der Waals surface area contributed by atoms with Crippen LogP contribution >= 0.6 is 0 Å². The molecule has 3 heteroatoms. The molecule has 1 aromatic heterocycles. The lowest BCUT2D eigenvalue weighted by Gasteiger charge is -2.06. The minimum absolute atomic E-state index is 0.0327. The molecule has 0 atom stereocenters. The highest BCUT2D eigenvalue weighted by molar-refractivity contribution is 5.06. The Bertz CT molecular complexity index is 265. The van der Waals surface area contributed by atoms with Crippen LogP contribution in [0.4, 0.5) is 0 Å². The van der Waals surface area contributed by atoms with E-state index in [0.717, 1.165) is 11.4 Å². The van der Waals surface area contributed by atoms with E-state index in [1.807, 2.05) is 0 Å². The van der Waals surface area contributed by atoms with Gasteiger partial charge in [0.15, 0.2) is 0 Å². The van der Waals surface area contributed by atoms with Gasteiger partial charge in [-0.1, -0.05) is 12.8 Å². The van der Waals surface area contributed by atoms with E-state index in [2.05, 4.69) is 9.97 Å².